The van der Waals surface area contributed by atoms with Crippen LogP contribution < -0.4 is 5.32 Å². The summed E-state index contributed by atoms with van der Waals surface area (Å²) in [6, 6.07) is 5.42. The van der Waals surface area contributed by atoms with Crippen LogP contribution in [0.4, 0.5) is 10.1 Å². The Kier molecular flexibility index (Phi) is 4.81. The number of piperidine rings is 1. The molecular weight excluding hydrogens is 239 g/mol. The summed E-state index contributed by atoms with van der Waals surface area (Å²) in [7, 11) is 0. The van der Waals surface area contributed by atoms with Crippen molar-refractivity contribution in [1.82, 2.24) is 4.90 Å². The van der Waals surface area contributed by atoms with Crippen molar-refractivity contribution in [3.63, 3.8) is 0 Å². The first-order chi connectivity index (χ1) is 9.10. The third kappa shape index (κ3) is 3.69. The van der Waals surface area contributed by atoms with Gasteiger partial charge in [0.05, 0.1) is 0 Å². The molecule has 0 spiro atoms. The fourth-order valence-corrected chi connectivity index (χ4v) is 2.92. The topological polar surface area (TPSA) is 15.3 Å². The molecule has 3 heteroatoms. The summed E-state index contributed by atoms with van der Waals surface area (Å²) in [6.07, 6.45) is 2.50. The van der Waals surface area contributed by atoms with Crippen molar-refractivity contribution in [3.8, 4) is 0 Å². The van der Waals surface area contributed by atoms with Gasteiger partial charge in [-0.1, -0.05) is 6.92 Å². The highest BCUT2D eigenvalue weighted by atomic mass is 19.1. The Labute approximate surface area is 116 Å². The highest BCUT2D eigenvalue weighted by molar-refractivity contribution is 5.51. The van der Waals surface area contributed by atoms with Crippen molar-refractivity contribution in [3.05, 3.63) is 29.6 Å². The molecular formula is C16H25FN2. The minimum atomic E-state index is -0.160. The van der Waals surface area contributed by atoms with E-state index < -0.39 is 0 Å². The lowest BCUT2D eigenvalue weighted by molar-refractivity contribution is 0.183. The third-order valence-electron chi connectivity index (χ3n) is 4.36. The molecule has 1 unspecified atom stereocenters. The van der Waals surface area contributed by atoms with Gasteiger partial charge in [0, 0.05) is 11.7 Å². The van der Waals surface area contributed by atoms with Gasteiger partial charge < -0.3 is 10.2 Å². The molecule has 0 bridgehead atoms. The van der Waals surface area contributed by atoms with Crippen LogP contribution in [0.3, 0.4) is 0 Å². The van der Waals surface area contributed by atoms with Gasteiger partial charge in [-0.15, -0.1) is 0 Å². The van der Waals surface area contributed by atoms with E-state index in [4.69, 9.17) is 0 Å². The molecule has 0 saturated carbocycles. The van der Waals surface area contributed by atoms with E-state index in [1.165, 1.54) is 32.0 Å². The van der Waals surface area contributed by atoms with Crippen molar-refractivity contribution in [2.45, 2.75) is 39.7 Å². The molecule has 1 aromatic carbocycles. The van der Waals surface area contributed by atoms with Crippen molar-refractivity contribution in [2.24, 2.45) is 5.92 Å². The van der Waals surface area contributed by atoms with Gasteiger partial charge >= 0.3 is 0 Å². The Balaban J connectivity index is 1.92. The molecule has 1 atom stereocenters. The lowest BCUT2D eigenvalue weighted by atomic mass is 9.90. The van der Waals surface area contributed by atoms with Crippen LogP contribution in [0.5, 0.6) is 0 Å². The highest BCUT2D eigenvalue weighted by Gasteiger charge is 2.23. The number of likely N-dealkylation sites (tertiary alicyclic amines) is 1. The molecule has 1 aromatic rings. The minimum absolute atomic E-state index is 0.160. The number of aryl methyl sites for hydroxylation is 1. The monoisotopic (exact) mass is 264 g/mol. The van der Waals surface area contributed by atoms with Crippen LogP contribution in [0.1, 0.15) is 32.3 Å². The standard InChI is InChI=1S/C16H25FN2/c1-4-19-9-7-14(8-10-19)13(3)18-16-6-5-15(17)11-12(16)2/h5-6,11,13-14,18H,4,7-10H2,1-3H3. The van der Waals surface area contributed by atoms with Crippen LogP contribution in [0.2, 0.25) is 0 Å². The third-order valence-corrected chi connectivity index (χ3v) is 4.36. The molecule has 0 aliphatic carbocycles. The SMILES string of the molecule is CCN1CCC(C(C)Nc2ccc(F)cc2C)CC1. The molecule has 19 heavy (non-hydrogen) atoms. The van der Waals surface area contributed by atoms with Gasteiger partial charge in [0.1, 0.15) is 5.82 Å². The van der Waals surface area contributed by atoms with Gasteiger partial charge in [-0.05, 0) is 76.0 Å². The van der Waals surface area contributed by atoms with Crippen LogP contribution in [-0.2, 0) is 0 Å². The second-order valence-electron chi connectivity index (χ2n) is 5.66. The fourth-order valence-electron chi connectivity index (χ4n) is 2.92. The second kappa shape index (κ2) is 6.38. The summed E-state index contributed by atoms with van der Waals surface area (Å²) in [5, 5.41) is 3.55. The maximum atomic E-state index is 13.1. The number of anilines is 1. The number of nitrogens with one attached hydrogen (secondary N) is 1. The van der Waals surface area contributed by atoms with E-state index in [-0.39, 0.29) is 5.82 Å². The molecule has 0 amide bonds. The van der Waals surface area contributed by atoms with Gasteiger partial charge in [-0.25, -0.2) is 4.39 Å². The largest absolute Gasteiger partial charge is 0.382 e. The quantitative estimate of drug-likeness (QED) is 0.892. The highest BCUT2D eigenvalue weighted by Crippen LogP contribution is 2.24. The predicted molar refractivity (Wildman–Crippen MR) is 79.1 cm³/mol. The molecule has 2 nitrogen and oxygen atoms in total. The van der Waals surface area contributed by atoms with E-state index in [2.05, 4.69) is 24.1 Å². The first-order valence-corrected chi connectivity index (χ1v) is 7.35. The Morgan fingerprint density at radius 1 is 1.37 bits per heavy atom. The molecule has 1 heterocycles. The molecule has 1 aliphatic heterocycles. The Hall–Kier alpha value is -1.09. The average molecular weight is 264 g/mol. The fraction of sp³-hybridized carbons (Fsp3) is 0.625. The normalized spacial score (nSPS) is 19.4. The van der Waals surface area contributed by atoms with Gasteiger partial charge in [-0.3, -0.25) is 0 Å². The number of halogens is 1. The molecule has 0 radical (unpaired) electrons. The van der Waals surface area contributed by atoms with E-state index in [0.717, 1.165) is 17.8 Å². The Bertz CT molecular complexity index is 411. The van der Waals surface area contributed by atoms with Crippen LogP contribution in [-0.4, -0.2) is 30.6 Å². The summed E-state index contributed by atoms with van der Waals surface area (Å²) in [5.74, 6) is 0.555. The average Bonchev–Trinajstić information content (AvgIpc) is 2.42. The summed E-state index contributed by atoms with van der Waals surface area (Å²) in [4.78, 5) is 2.51. The zero-order chi connectivity index (χ0) is 13.8. The zero-order valence-electron chi connectivity index (χ0n) is 12.2. The molecule has 1 N–H and O–H groups in total. The number of rotatable bonds is 4. The van der Waals surface area contributed by atoms with Gasteiger partial charge in [-0.2, -0.15) is 0 Å². The minimum Gasteiger partial charge on any atom is -0.382 e. The van der Waals surface area contributed by atoms with E-state index in [0.29, 0.717) is 12.0 Å². The van der Waals surface area contributed by atoms with Crippen LogP contribution in [0, 0.1) is 18.7 Å². The maximum absolute atomic E-state index is 13.1. The van der Waals surface area contributed by atoms with Crippen LogP contribution in [0.15, 0.2) is 18.2 Å². The van der Waals surface area contributed by atoms with Crippen LogP contribution in [0.25, 0.3) is 0 Å². The number of hydrogen-bond acceptors (Lipinski definition) is 2. The first kappa shape index (κ1) is 14.3. The first-order valence-electron chi connectivity index (χ1n) is 7.35. The van der Waals surface area contributed by atoms with Crippen molar-refractivity contribution >= 4 is 5.69 Å². The van der Waals surface area contributed by atoms with Crippen LogP contribution >= 0.6 is 0 Å². The summed E-state index contributed by atoms with van der Waals surface area (Å²) in [6.45, 7) is 9.99. The predicted octanol–water partition coefficient (Wildman–Crippen LogP) is 3.67. The van der Waals surface area contributed by atoms with Gasteiger partial charge in [0.2, 0.25) is 0 Å². The molecule has 106 valence electrons. The van der Waals surface area contributed by atoms with E-state index in [1.54, 1.807) is 6.07 Å². The van der Waals surface area contributed by atoms with Crippen molar-refractivity contribution in [1.29, 1.82) is 0 Å². The van der Waals surface area contributed by atoms with E-state index in [9.17, 15) is 4.39 Å². The summed E-state index contributed by atoms with van der Waals surface area (Å²) < 4.78 is 13.1. The molecule has 1 saturated heterocycles. The van der Waals surface area contributed by atoms with Crippen molar-refractivity contribution in [2.75, 3.05) is 25.0 Å². The summed E-state index contributed by atoms with van der Waals surface area (Å²) >= 11 is 0. The lowest BCUT2D eigenvalue weighted by Crippen LogP contribution is -2.39. The molecule has 2 rings (SSSR count). The van der Waals surface area contributed by atoms with Crippen molar-refractivity contribution < 1.29 is 4.39 Å². The maximum Gasteiger partial charge on any atom is 0.123 e. The number of benzene rings is 1. The number of hydrogen-bond donors (Lipinski definition) is 1. The second-order valence-corrected chi connectivity index (χ2v) is 5.66. The van der Waals surface area contributed by atoms with Gasteiger partial charge in [0.15, 0.2) is 0 Å². The molecule has 0 aromatic heterocycles. The van der Waals surface area contributed by atoms with E-state index in [1.807, 2.05) is 13.0 Å². The number of nitrogens with zero attached hydrogens (tertiary/aromatic N) is 1. The van der Waals surface area contributed by atoms with Gasteiger partial charge in [0.25, 0.3) is 0 Å². The Morgan fingerprint density at radius 3 is 2.63 bits per heavy atom. The molecule has 1 aliphatic rings. The molecule has 1 fully saturated rings. The lowest BCUT2D eigenvalue weighted by Gasteiger charge is -2.35. The smallest absolute Gasteiger partial charge is 0.123 e. The zero-order valence-corrected chi connectivity index (χ0v) is 12.2. The Morgan fingerprint density at radius 2 is 2.05 bits per heavy atom. The summed E-state index contributed by atoms with van der Waals surface area (Å²) in [5.41, 5.74) is 2.05. The van der Waals surface area contributed by atoms with E-state index >= 15 is 0 Å².